The van der Waals surface area contributed by atoms with Gasteiger partial charge >= 0.3 is 0 Å². The van der Waals surface area contributed by atoms with E-state index in [1.807, 2.05) is 11.0 Å². The lowest BCUT2D eigenvalue weighted by Gasteiger charge is -2.43. The second-order valence-corrected chi connectivity index (χ2v) is 10.4. The summed E-state index contributed by atoms with van der Waals surface area (Å²) in [6.45, 7) is 6.02. The molecule has 0 saturated carbocycles. The van der Waals surface area contributed by atoms with Crippen molar-refractivity contribution in [3.05, 3.63) is 54.0 Å². The van der Waals surface area contributed by atoms with Crippen molar-refractivity contribution in [1.29, 1.82) is 5.26 Å². The van der Waals surface area contributed by atoms with E-state index in [0.29, 0.717) is 64.9 Å². The van der Waals surface area contributed by atoms with Crippen LogP contribution in [0.15, 0.2) is 42.6 Å². The molecule has 0 amide bonds. The molecule has 10 nitrogen and oxygen atoms in total. The molecule has 11 heteroatoms. The van der Waals surface area contributed by atoms with Gasteiger partial charge in [-0.15, -0.1) is 0 Å². The zero-order chi connectivity index (χ0) is 28.2. The van der Waals surface area contributed by atoms with Crippen molar-refractivity contribution in [2.24, 2.45) is 0 Å². The Kier molecular flexibility index (Phi) is 8.14. The molecule has 0 unspecified atom stereocenters. The first-order chi connectivity index (χ1) is 20.1. The molecule has 0 aliphatic carbocycles. The number of hydrogen-bond acceptors (Lipinski definition) is 10. The van der Waals surface area contributed by atoms with Gasteiger partial charge < -0.3 is 29.2 Å². The highest BCUT2D eigenvalue weighted by Crippen LogP contribution is 2.36. The van der Waals surface area contributed by atoms with Crippen molar-refractivity contribution in [2.45, 2.75) is 25.0 Å². The van der Waals surface area contributed by atoms with Gasteiger partial charge in [0, 0.05) is 62.5 Å². The van der Waals surface area contributed by atoms with Crippen LogP contribution < -0.4 is 19.7 Å². The molecule has 0 spiro atoms. The first-order valence-corrected chi connectivity index (χ1v) is 13.9. The van der Waals surface area contributed by atoms with Crippen LogP contribution in [0.2, 0.25) is 0 Å². The van der Waals surface area contributed by atoms with E-state index < -0.39 is 0 Å². The average molecular weight is 561 g/mol. The molecule has 2 aromatic carbocycles. The topological polar surface area (TPSA) is 105 Å². The number of hydrogen-bond donors (Lipinski definition) is 1. The van der Waals surface area contributed by atoms with Gasteiger partial charge in [-0.2, -0.15) is 5.26 Å². The lowest BCUT2D eigenvalue weighted by atomic mass is 10.1. The number of rotatable bonds is 8. The van der Waals surface area contributed by atoms with Gasteiger partial charge in [0.05, 0.1) is 45.1 Å². The van der Waals surface area contributed by atoms with E-state index in [2.05, 4.69) is 26.3 Å². The molecule has 3 saturated heterocycles. The number of methoxy groups -OCH3 is 1. The molecular weight excluding hydrogens is 527 g/mol. The molecule has 3 fully saturated rings. The normalized spacial score (nSPS) is 18.4. The highest BCUT2D eigenvalue weighted by atomic mass is 19.1. The van der Waals surface area contributed by atoms with Crippen molar-refractivity contribution in [3.8, 4) is 29.0 Å². The molecule has 6 rings (SSSR count). The van der Waals surface area contributed by atoms with Gasteiger partial charge in [-0.05, 0) is 30.3 Å². The van der Waals surface area contributed by atoms with Crippen molar-refractivity contribution in [2.75, 3.05) is 69.9 Å². The predicted octanol–water partition coefficient (Wildman–Crippen LogP) is 3.99. The van der Waals surface area contributed by atoms with E-state index in [4.69, 9.17) is 18.9 Å². The van der Waals surface area contributed by atoms with Crippen molar-refractivity contribution >= 4 is 17.2 Å². The minimum atomic E-state index is -0.361. The Bertz CT molecular complexity index is 1410. The second kappa shape index (κ2) is 12.3. The first-order valence-electron chi connectivity index (χ1n) is 13.9. The molecule has 1 aromatic heterocycles. The van der Waals surface area contributed by atoms with Gasteiger partial charge in [-0.1, -0.05) is 0 Å². The molecule has 3 aliphatic rings. The van der Waals surface area contributed by atoms with E-state index in [0.717, 1.165) is 52.2 Å². The molecule has 214 valence electrons. The Morgan fingerprint density at radius 3 is 2.54 bits per heavy atom. The van der Waals surface area contributed by atoms with Crippen molar-refractivity contribution < 1.29 is 23.3 Å². The van der Waals surface area contributed by atoms with E-state index in [9.17, 15) is 5.26 Å². The van der Waals surface area contributed by atoms with Gasteiger partial charge in [0.1, 0.15) is 35.2 Å². The number of anilines is 3. The summed E-state index contributed by atoms with van der Waals surface area (Å²) in [6.07, 6.45) is 3.24. The van der Waals surface area contributed by atoms with Crippen LogP contribution in [0.3, 0.4) is 0 Å². The summed E-state index contributed by atoms with van der Waals surface area (Å²) in [5, 5.41) is 12.9. The maximum absolute atomic E-state index is 15.5. The largest absolute Gasteiger partial charge is 0.494 e. The van der Waals surface area contributed by atoms with Crippen LogP contribution in [0.4, 0.5) is 21.6 Å². The first kappa shape index (κ1) is 27.2. The third kappa shape index (κ3) is 6.05. The molecule has 3 aromatic rings. The second-order valence-electron chi connectivity index (χ2n) is 10.4. The number of halogens is 1. The lowest BCUT2D eigenvalue weighted by molar-refractivity contribution is -0.0661. The quantitative estimate of drug-likeness (QED) is 0.435. The van der Waals surface area contributed by atoms with Gasteiger partial charge in [-0.25, -0.2) is 14.4 Å². The molecule has 0 radical (unpaired) electrons. The maximum Gasteiger partial charge on any atom is 0.161 e. The minimum Gasteiger partial charge on any atom is -0.494 e. The smallest absolute Gasteiger partial charge is 0.161 e. The fraction of sp³-hybridized carbons (Fsp3) is 0.433. The number of aromatic nitrogens is 2. The molecule has 1 N–H and O–H groups in total. The fourth-order valence-electron chi connectivity index (χ4n) is 5.40. The lowest BCUT2D eigenvalue weighted by Crippen LogP contribution is -2.56. The van der Waals surface area contributed by atoms with Crippen LogP contribution in [-0.2, 0) is 9.47 Å². The molecule has 3 aliphatic heterocycles. The highest BCUT2D eigenvalue weighted by Gasteiger charge is 2.30. The van der Waals surface area contributed by atoms with E-state index in [1.165, 1.54) is 6.07 Å². The molecule has 4 heterocycles. The summed E-state index contributed by atoms with van der Waals surface area (Å²) in [7, 11) is 1.55. The third-order valence-corrected chi connectivity index (χ3v) is 7.76. The molecule has 0 bridgehead atoms. The van der Waals surface area contributed by atoms with Crippen LogP contribution in [0, 0.1) is 17.1 Å². The van der Waals surface area contributed by atoms with E-state index in [1.54, 1.807) is 37.6 Å². The van der Waals surface area contributed by atoms with Crippen LogP contribution in [-0.4, -0.2) is 86.7 Å². The highest BCUT2D eigenvalue weighted by molar-refractivity contribution is 5.70. The standard InChI is InChI=1S/C30H33FN6O4/c1-38-27-16-22(15-25(31)29(27)37-10-8-36(9-11-37)23-18-40-19-23)34-28-4-7-33-30(35-28)20-2-3-26(21(14-20)17-32)41-24-5-12-39-13-6-24/h2-4,7,14-16,23-24H,5-6,8-13,18-19H2,1H3,(H,33,34,35). The zero-order valence-electron chi connectivity index (χ0n) is 23.0. The Balaban J connectivity index is 1.17. The number of nitrogens with zero attached hydrogens (tertiary/aromatic N) is 5. The van der Waals surface area contributed by atoms with Crippen molar-refractivity contribution in [3.63, 3.8) is 0 Å². The van der Waals surface area contributed by atoms with Gasteiger partial charge in [0.2, 0.25) is 0 Å². The van der Waals surface area contributed by atoms with E-state index in [-0.39, 0.29) is 11.9 Å². The number of nitriles is 1. The molecule has 0 atom stereocenters. The Morgan fingerprint density at radius 1 is 1.02 bits per heavy atom. The minimum absolute atomic E-state index is 0.0290. The predicted molar refractivity (Wildman–Crippen MR) is 151 cm³/mol. The Morgan fingerprint density at radius 2 is 1.83 bits per heavy atom. The Hall–Kier alpha value is -3.98. The average Bonchev–Trinajstić information content (AvgIpc) is 2.97. The maximum atomic E-state index is 15.5. The summed E-state index contributed by atoms with van der Waals surface area (Å²) in [6, 6.07) is 13.0. The van der Waals surface area contributed by atoms with Crippen LogP contribution in [0.25, 0.3) is 11.4 Å². The summed E-state index contributed by atoms with van der Waals surface area (Å²) in [5.41, 5.74) is 2.07. The van der Waals surface area contributed by atoms with Gasteiger partial charge in [0.25, 0.3) is 0 Å². The summed E-state index contributed by atoms with van der Waals surface area (Å²) in [5.74, 6) is 1.56. The number of benzene rings is 2. The summed E-state index contributed by atoms with van der Waals surface area (Å²) in [4.78, 5) is 13.5. The number of nitrogens with one attached hydrogen (secondary N) is 1. The van der Waals surface area contributed by atoms with Gasteiger partial charge in [-0.3, -0.25) is 4.90 Å². The number of piperazine rings is 1. The van der Waals surface area contributed by atoms with Crippen LogP contribution in [0.1, 0.15) is 18.4 Å². The van der Waals surface area contributed by atoms with Crippen LogP contribution in [0.5, 0.6) is 11.5 Å². The zero-order valence-corrected chi connectivity index (χ0v) is 23.0. The number of ether oxygens (including phenoxy) is 4. The van der Waals surface area contributed by atoms with Gasteiger partial charge in [0.15, 0.2) is 11.6 Å². The molecule has 41 heavy (non-hydrogen) atoms. The summed E-state index contributed by atoms with van der Waals surface area (Å²) >= 11 is 0. The monoisotopic (exact) mass is 560 g/mol. The van der Waals surface area contributed by atoms with E-state index >= 15 is 4.39 Å². The third-order valence-electron chi connectivity index (χ3n) is 7.76. The van der Waals surface area contributed by atoms with Crippen molar-refractivity contribution in [1.82, 2.24) is 14.9 Å². The summed E-state index contributed by atoms with van der Waals surface area (Å²) < 4.78 is 37.9. The Labute approximate surface area is 238 Å². The SMILES string of the molecule is COc1cc(Nc2ccnc(-c3ccc(OC4CCOCC4)c(C#N)c3)n2)cc(F)c1N1CCN(C2COC2)CC1. The fourth-order valence-corrected chi connectivity index (χ4v) is 5.40. The molecular formula is C30H33FN6O4. The van der Waals surface area contributed by atoms with Crippen LogP contribution >= 0.6 is 0 Å².